The molecular weight excluding hydrogens is 240 g/mol. The third-order valence-electron chi connectivity index (χ3n) is 2.31. The highest BCUT2D eigenvalue weighted by Crippen LogP contribution is 2.15. The Labute approximate surface area is 102 Å². The molecule has 0 spiro atoms. The summed E-state index contributed by atoms with van der Waals surface area (Å²) in [5, 5.41) is 8.89. The van der Waals surface area contributed by atoms with Crippen LogP contribution in [0.3, 0.4) is 0 Å². The van der Waals surface area contributed by atoms with E-state index in [9.17, 15) is 4.79 Å². The number of hydrogen-bond acceptors (Lipinski definition) is 6. The average Bonchev–Trinajstić information content (AvgIpc) is 2.96. The molecule has 0 unspecified atom stereocenters. The van der Waals surface area contributed by atoms with Crippen LogP contribution in [0, 0.1) is 0 Å². The summed E-state index contributed by atoms with van der Waals surface area (Å²) < 4.78 is 4.43. The topological polar surface area (TPSA) is 85.2 Å². The van der Waals surface area contributed by atoms with Gasteiger partial charge in [-0.2, -0.15) is 0 Å². The van der Waals surface area contributed by atoms with Crippen molar-refractivity contribution in [3.05, 3.63) is 28.1 Å². The Balaban J connectivity index is 2.14. The van der Waals surface area contributed by atoms with Crippen molar-refractivity contribution >= 4 is 23.1 Å². The molecule has 2 N–H and O–H groups in total. The molecule has 0 bridgehead atoms. The molecule has 0 saturated heterocycles. The molecule has 1 amide bonds. The van der Waals surface area contributed by atoms with Crippen LogP contribution in [0.2, 0.25) is 0 Å². The second-order valence-corrected chi connectivity index (χ2v) is 4.43. The van der Waals surface area contributed by atoms with Crippen molar-refractivity contribution in [3.63, 3.8) is 0 Å². The van der Waals surface area contributed by atoms with Gasteiger partial charge in [0, 0.05) is 11.4 Å². The summed E-state index contributed by atoms with van der Waals surface area (Å²) >= 11 is 1.60. The van der Waals surface area contributed by atoms with Gasteiger partial charge in [-0.05, 0) is 28.7 Å². The number of thiophene rings is 1. The van der Waals surface area contributed by atoms with Crippen molar-refractivity contribution in [2.24, 2.45) is 0 Å². The zero-order valence-electron chi connectivity index (χ0n) is 9.29. The van der Waals surface area contributed by atoms with Gasteiger partial charge in [-0.15, -0.1) is 11.3 Å². The number of carbonyl (C=O) groups is 1. The minimum Gasteiger partial charge on any atom is -0.379 e. The number of hydrogen-bond donors (Lipinski definition) is 1. The van der Waals surface area contributed by atoms with Crippen LogP contribution < -0.4 is 5.73 Å². The zero-order valence-corrected chi connectivity index (χ0v) is 10.1. The van der Waals surface area contributed by atoms with E-state index < -0.39 is 0 Å². The van der Waals surface area contributed by atoms with Gasteiger partial charge in [-0.1, -0.05) is 6.07 Å². The first-order valence-corrected chi connectivity index (χ1v) is 6.00. The molecule has 2 rings (SSSR count). The van der Waals surface area contributed by atoms with Crippen LogP contribution >= 0.6 is 11.3 Å². The third kappa shape index (κ3) is 2.44. The Morgan fingerprint density at radius 3 is 2.94 bits per heavy atom. The molecule has 2 aromatic heterocycles. The van der Waals surface area contributed by atoms with E-state index in [0.717, 1.165) is 4.88 Å². The quantitative estimate of drug-likeness (QED) is 0.888. The predicted molar refractivity (Wildman–Crippen MR) is 63.4 cm³/mol. The van der Waals surface area contributed by atoms with E-state index in [1.54, 1.807) is 16.2 Å². The number of nitrogen functional groups attached to an aromatic ring is 1. The SMILES string of the molecule is CCN(Cc1cccs1)C(=O)c1nonc1N. The number of rotatable bonds is 4. The van der Waals surface area contributed by atoms with Gasteiger partial charge in [0.05, 0.1) is 6.54 Å². The van der Waals surface area contributed by atoms with E-state index in [4.69, 9.17) is 5.73 Å². The predicted octanol–water partition coefficient (Wildman–Crippen LogP) is 1.38. The van der Waals surface area contributed by atoms with Crippen molar-refractivity contribution in [1.29, 1.82) is 0 Å². The van der Waals surface area contributed by atoms with Crippen molar-refractivity contribution in [3.8, 4) is 0 Å². The number of anilines is 1. The van der Waals surface area contributed by atoms with E-state index in [0.29, 0.717) is 13.1 Å². The van der Waals surface area contributed by atoms with E-state index in [-0.39, 0.29) is 17.4 Å². The fraction of sp³-hybridized carbons (Fsp3) is 0.300. The Morgan fingerprint density at radius 1 is 1.59 bits per heavy atom. The van der Waals surface area contributed by atoms with Crippen molar-refractivity contribution in [2.45, 2.75) is 13.5 Å². The maximum Gasteiger partial charge on any atom is 0.280 e. The van der Waals surface area contributed by atoms with Gasteiger partial charge in [0.1, 0.15) is 0 Å². The molecule has 0 aromatic carbocycles. The zero-order chi connectivity index (χ0) is 12.3. The summed E-state index contributed by atoms with van der Waals surface area (Å²) in [6.45, 7) is 3.01. The molecule has 0 aliphatic rings. The first kappa shape index (κ1) is 11.6. The Bertz CT molecular complexity index is 494. The molecule has 6 nitrogen and oxygen atoms in total. The van der Waals surface area contributed by atoms with Crippen LogP contribution in [0.25, 0.3) is 0 Å². The summed E-state index contributed by atoms with van der Waals surface area (Å²) in [6, 6.07) is 3.93. The monoisotopic (exact) mass is 252 g/mol. The van der Waals surface area contributed by atoms with E-state index in [1.165, 1.54) is 0 Å². The van der Waals surface area contributed by atoms with E-state index in [2.05, 4.69) is 14.9 Å². The average molecular weight is 252 g/mol. The molecule has 2 heterocycles. The second-order valence-electron chi connectivity index (χ2n) is 3.40. The maximum atomic E-state index is 12.1. The normalized spacial score (nSPS) is 10.4. The second kappa shape index (κ2) is 4.96. The summed E-state index contributed by atoms with van der Waals surface area (Å²) in [4.78, 5) is 14.8. The Kier molecular flexibility index (Phi) is 3.38. The van der Waals surface area contributed by atoms with Crippen LogP contribution in [0.1, 0.15) is 22.3 Å². The first-order valence-electron chi connectivity index (χ1n) is 5.12. The van der Waals surface area contributed by atoms with E-state index in [1.807, 2.05) is 24.4 Å². The molecule has 0 aliphatic carbocycles. The van der Waals surface area contributed by atoms with Crippen LogP contribution in [-0.2, 0) is 6.54 Å². The lowest BCUT2D eigenvalue weighted by Gasteiger charge is -2.18. The molecule has 17 heavy (non-hydrogen) atoms. The number of nitrogens with two attached hydrogens (primary N) is 1. The Hall–Kier alpha value is -1.89. The van der Waals surface area contributed by atoms with Crippen LogP contribution in [0.4, 0.5) is 5.82 Å². The highest BCUT2D eigenvalue weighted by molar-refractivity contribution is 7.09. The summed E-state index contributed by atoms with van der Waals surface area (Å²) in [7, 11) is 0. The van der Waals surface area contributed by atoms with Crippen molar-refractivity contribution in [2.75, 3.05) is 12.3 Å². The van der Waals surface area contributed by atoms with Crippen LogP contribution in [-0.4, -0.2) is 27.7 Å². The minimum atomic E-state index is -0.264. The molecule has 0 atom stereocenters. The summed E-state index contributed by atoms with van der Waals surface area (Å²) in [5.74, 6) is -0.237. The molecule has 7 heteroatoms. The van der Waals surface area contributed by atoms with Gasteiger partial charge in [-0.3, -0.25) is 4.79 Å². The molecule has 0 radical (unpaired) electrons. The lowest BCUT2D eigenvalue weighted by molar-refractivity contribution is 0.0743. The fourth-order valence-corrected chi connectivity index (χ4v) is 2.13. The molecule has 90 valence electrons. The molecule has 0 saturated carbocycles. The van der Waals surface area contributed by atoms with Crippen molar-refractivity contribution < 1.29 is 9.42 Å². The molecular formula is C10H12N4O2S. The number of carbonyl (C=O) groups excluding carboxylic acids is 1. The fourth-order valence-electron chi connectivity index (χ4n) is 1.41. The summed E-state index contributed by atoms with van der Waals surface area (Å²) in [5.41, 5.74) is 5.57. The third-order valence-corrected chi connectivity index (χ3v) is 3.17. The van der Waals surface area contributed by atoms with Gasteiger partial charge in [0.25, 0.3) is 5.91 Å². The van der Waals surface area contributed by atoms with Gasteiger partial charge in [-0.25, -0.2) is 4.63 Å². The van der Waals surface area contributed by atoms with Gasteiger partial charge in [0.2, 0.25) is 11.5 Å². The Morgan fingerprint density at radius 2 is 2.41 bits per heavy atom. The minimum absolute atomic E-state index is 0.0274. The smallest absolute Gasteiger partial charge is 0.280 e. The largest absolute Gasteiger partial charge is 0.379 e. The number of nitrogens with zero attached hydrogens (tertiary/aromatic N) is 3. The summed E-state index contributed by atoms with van der Waals surface area (Å²) in [6.07, 6.45) is 0. The van der Waals surface area contributed by atoms with Gasteiger partial charge < -0.3 is 10.6 Å². The van der Waals surface area contributed by atoms with Gasteiger partial charge >= 0.3 is 0 Å². The highest BCUT2D eigenvalue weighted by Gasteiger charge is 2.21. The standard InChI is InChI=1S/C10H12N4O2S/c1-2-14(6-7-4-3-5-17-7)10(15)8-9(11)13-16-12-8/h3-5H,2,6H2,1H3,(H2,11,13). The van der Waals surface area contributed by atoms with Crippen LogP contribution in [0.15, 0.2) is 22.1 Å². The maximum absolute atomic E-state index is 12.1. The number of aromatic nitrogens is 2. The van der Waals surface area contributed by atoms with E-state index >= 15 is 0 Å². The lowest BCUT2D eigenvalue weighted by Crippen LogP contribution is -2.30. The first-order chi connectivity index (χ1) is 8.22. The molecule has 2 aromatic rings. The number of amides is 1. The van der Waals surface area contributed by atoms with Crippen LogP contribution in [0.5, 0.6) is 0 Å². The molecule has 0 fully saturated rings. The van der Waals surface area contributed by atoms with Crippen molar-refractivity contribution in [1.82, 2.24) is 15.2 Å². The highest BCUT2D eigenvalue weighted by atomic mass is 32.1. The molecule has 0 aliphatic heterocycles. The van der Waals surface area contributed by atoms with Gasteiger partial charge in [0.15, 0.2) is 0 Å². The lowest BCUT2D eigenvalue weighted by atomic mass is 10.3.